The summed E-state index contributed by atoms with van der Waals surface area (Å²) in [5.41, 5.74) is 6.66. The SMILES string of the molecule is COc1ccc(Br)c(CC(=O)C2(CN)CCCCCC2)c1. The quantitative estimate of drug-likeness (QED) is 0.817. The molecule has 3 nitrogen and oxygen atoms in total. The minimum Gasteiger partial charge on any atom is -0.497 e. The molecular formula is C17H24BrNO2. The van der Waals surface area contributed by atoms with Crippen molar-refractivity contribution >= 4 is 21.7 Å². The van der Waals surface area contributed by atoms with Gasteiger partial charge in [0.15, 0.2) is 0 Å². The van der Waals surface area contributed by atoms with Crippen LogP contribution in [0.4, 0.5) is 0 Å². The summed E-state index contributed by atoms with van der Waals surface area (Å²) in [6.45, 7) is 0.466. The van der Waals surface area contributed by atoms with Gasteiger partial charge < -0.3 is 10.5 Å². The number of hydrogen-bond acceptors (Lipinski definition) is 3. The van der Waals surface area contributed by atoms with Gasteiger partial charge in [-0.05, 0) is 36.6 Å². The number of nitrogens with two attached hydrogens (primary N) is 1. The number of hydrogen-bond donors (Lipinski definition) is 1. The third-order valence-electron chi connectivity index (χ3n) is 4.65. The van der Waals surface area contributed by atoms with E-state index in [-0.39, 0.29) is 11.2 Å². The average molecular weight is 354 g/mol. The number of carbonyl (C=O) groups is 1. The standard InChI is InChI=1S/C17H24BrNO2/c1-21-14-6-7-15(18)13(10-14)11-16(20)17(12-19)8-4-2-3-5-9-17/h6-7,10H,2-5,8-9,11-12,19H2,1H3. The molecule has 0 aromatic heterocycles. The van der Waals surface area contributed by atoms with Crippen molar-refractivity contribution in [1.82, 2.24) is 0 Å². The van der Waals surface area contributed by atoms with Crippen LogP contribution in [-0.2, 0) is 11.2 Å². The van der Waals surface area contributed by atoms with Crippen LogP contribution in [0.3, 0.4) is 0 Å². The lowest BCUT2D eigenvalue weighted by Crippen LogP contribution is -2.39. The first-order chi connectivity index (χ1) is 10.1. The van der Waals surface area contributed by atoms with E-state index in [1.807, 2.05) is 18.2 Å². The van der Waals surface area contributed by atoms with Crippen molar-refractivity contribution in [2.24, 2.45) is 11.1 Å². The Morgan fingerprint density at radius 2 is 1.95 bits per heavy atom. The van der Waals surface area contributed by atoms with E-state index in [0.29, 0.717) is 13.0 Å². The molecule has 2 N–H and O–H groups in total. The normalized spacial score (nSPS) is 18.0. The number of carbonyl (C=O) groups excluding carboxylic acids is 1. The van der Waals surface area contributed by atoms with Crippen LogP contribution >= 0.6 is 15.9 Å². The molecule has 0 radical (unpaired) electrons. The van der Waals surface area contributed by atoms with Crippen LogP contribution in [0.5, 0.6) is 5.75 Å². The number of methoxy groups -OCH3 is 1. The van der Waals surface area contributed by atoms with E-state index in [1.54, 1.807) is 7.11 Å². The summed E-state index contributed by atoms with van der Waals surface area (Å²) < 4.78 is 6.21. The molecule has 1 fully saturated rings. The molecule has 0 bridgehead atoms. The van der Waals surface area contributed by atoms with E-state index in [9.17, 15) is 4.79 Å². The highest BCUT2D eigenvalue weighted by molar-refractivity contribution is 9.10. The van der Waals surface area contributed by atoms with E-state index in [1.165, 1.54) is 12.8 Å². The topological polar surface area (TPSA) is 52.3 Å². The molecule has 1 aliphatic carbocycles. The molecule has 1 aromatic rings. The molecule has 0 aliphatic heterocycles. The van der Waals surface area contributed by atoms with Gasteiger partial charge >= 0.3 is 0 Å². The largest absolute Gasteiger partial charge is 0.497 e. The first-order valence-electron chi connectivity index (χ1n) is 7.67. The number of rotatable bonds is 5. The fourth-order valence-corrected chi connectivity index (χ4v) is 3.56. The van der Waals surface area contributed by atoms with Crippen LogP contribution in [0.25, 0.3) is 0 Å². The lowest BCUT2D eigenvalue weighted by atomic mass is 9.75. The van der Waals surface area contributed by atoms with Crippen LogP contribution in [0.15, 0.2) is 22.7 Å². The molecule has 2 rings (SSSR count). The Balaban J connectivity index is 2.19. The zero-order chi connectivity index (χ0) is 15.3. The van der Waals surface area contributed by atoms with Gasteiger partial charge in [-0.1, -0.05) is 41.6 Å². The zero-order valence-electron chi connectivity index (χ0n) is 12.7. The lowest BCUT2D eigenvalue weighted by Gasteiger charge is -2.30. The Hall–Kier alpha value is -0.870. The van der Waals surface area contributed by atoms with Crippen molar-refractivity contribution in [3.8, 4) is 5.75 Å². The fourth-order valence-electron chi connectivity index (χ4n) is 3.18. The third-order valence-corrected chi connectivity index (χ3v) is 5.42. The van der Waals surface area contributed by atoms with Crippen molar-refractivity contribution in [2.75, 3.05) is 13.7 Å². The Labute approximate surface area is 135 Å². The second-order valence-electron chi connectivity index (χ2n) is 5.96. The predicted octanol–water partition coefficient (Wildman–Crippen LogP) is 3.87. The molecule has 1 aliphatic rings. The van der Waals surface area contributed by atoms with Gasteiger partial charge in [0.25, 0.3) is 0 Å². The molecule has 1 aromatic carbocycles. The summed E-state index contributed by atoms with van der Waals surface area (Å²) in [4.78, 5) is 12.9. The summed E-state index contributed by atoms with van der Waals surface area (Å²) in [7, 11) is 1.64. The Morgan fingerprint density at radius 1 is 1.29 bits per heavy atom. The van der Waals surface area contributed by atoms with E-state index < -0.39 is 0 Å². The molecule has 0 unspecified atom stereocenters. The van der Waals surface area contributed by atoms with Crippen LogP contribution in [0, 0.1) is 5.41 Å². The van der Waals surface area contributed by atoms with Crippen LogP contribution in [0.2, 0.25) is 0 Å². The van der Waals surface area contributed by atoms with Gasteiger partial charge in [-0.15, -0.1) is 0 Å². The first kappa shape index (κ1) is 16.5. The molecule has 116 valence electrons. The Bertz CT molecular complexity index is 494. The highest BCUT2D eigenvalue weighted by Crippen LogP contribution is 2.37. The van der Waals surface area contributed by atoms with Crippen molar-refractivity contribution in [1.29, 1.82) is 0 Å². The molecule has 4 heteroatoms. The van der Waals surface area contributed by atoms with Gasteiger partial charge in [0.1, 0.15) is 11.5 Å². The minimum atomic E-state index is -0.320. The molecule has 0 heterocycles. The fraction of sp³-hybridized carbons (Fsp3) is 0.588. The lowest BCUT2D eigenvalue weighted by molar-refractivity contribution is -0.128. The molecule has 0 saturated heterocycles. The van der Waals surface area contributed by atoms with E-state index in [2.05, 4.69) is 15.9 Å². The van der Waals surface area contributed by atoms with Gasteiger partial charge in [0.05, 0.1) is 7.11 Å². The molecule has 0 spiro atoms. The van der Waals surface area contributed by atoms with Gasteiger partial charge in [-0.25, -0.2) is 0 Å². The first-order valence-corrected chi connectivity index (χ1v) is 8.46. The maximum atomic E-state index is 12.9. The highest BCUT2D eigenvalue weighted by atomic mass is 79.9. The van der Waals surface area contributed by atoms with Crippen molar-refractivity contribution in [3.63, 3.8) is 0 Å². The van der Waals surface area contributed by atoms with Crippen LogP contribution in [0.1, 0.15) is 44.1 Å². The number of ketones is 1. The second kappa shape index (κ2) is 7.41. The third kappa shape index (κ3) is 3.86. The minimum absolute atomic E-state index is 0.279. The Kier molecular flexibility index (Phi) is 5.82. The van der Waals surface area contributed by atoms with Crippen molar-refractivity contribution < 1.29 is 9.53 Å². The Morgan fingerprint density at radius 3 is 2.52 bits per heavy atom. The highest BCUT2D eigenvalue weighted by Gasteiger charge is 2.36. The van der Waals surface area contributed by atoms with E-state index >= 15 is 0 Å². The maximum Gasteiger partial charge on any atom is 0.144 e. The number of ether oxygens (including phenoxy) is 1. The molecule has 21 heavy (non-hydrogen) atoms. The van der Waals surface area contributed by atoms with Crippen molar-refractivity contribution in [3.05, 3.63) is 28.2 Å². The smallest absolute Gasteiger partial charge is 0.144 e. The van der Waals surface area contributed by atoms with Gasteiger partial charge in [-0.2, -0.15) is 0 Å². The van der Waals surface area contributed by atoms with E-state index in [4.69, 9.17) is 10.5 Å². The predicted molar refractivity (Wildman–Crippen MR) is 88.6 cm³/mol. The van der Waals surface area contributed by atoms with E-state index in [0.717, 1.165) is 41.5 Å². The number of benzene rings is 1. The zero-order valence-corrected chi connectivity index (χ0v) is 14.2. The molecule has 0 atom stereocenters. The van der Waals surface area contributed by atoms with Crippen molar-refractivity contribution in [2.45, 2.75) is 44.9 Å². The summed E-state index contributed by atoms with van der Waals surface area (Å²) in [6, 6.07) is 5.76. The van der Waals surface area contributed by atoms with Crippen LogP contribution < -0.4 is 10.5 Å². The summed E-state index contributed by atoms with van der Waals surface area (Å²) >= 11 is 3.53. The average Bonchev–Trinajstić information content (AvgIpc) is 2.76. The summed E-state index contributed by atoms with van der Waals surface area (Å²) in [5.74, 6) is 1.06. The molecule has 1 saturated carbocycles. The van der Waals surface area contributed by atoms with Gasteiger partial charge in [0.2, 0.25) is 0 Å². The van der Waals surface area contributed by atoms with Gasteiger partial charge in [0, 0.05) is 22.9 Å². The number of halogens is 1. The van der Waals surface area contributed by atoms with Gasteiger partial charge in [-0.3, -0.25) is 4.79 Å². The summed E-state index contributed by atoms with van der Waals surface area (Å²) in [6.07, 6.45) is 6.96. The second-order valence-corrected chi connectivity index (χ2v) is 6.81. The van der Waals surface area contributed by atoms with Crippen LogP contribution in [-0.4, -0.2) is 19.4 Å². The monoisotopic (exact) mass is 353 g/mol. The molecular weight excluding hydrogens is 330 g/mol. The maximum absolute atomic E-state index is 12.9. The number of Topliss-reactive ketones (excluding diaryl/α,β-unsaturated/α-hetero) is 1. The molecule has 0 amide bonds. The summed E-state index contributed by atoms with van der Waals surface area (Å²) in [5, 5.41) is 0.